The van der Waals surface area contributed by atoms with Crippen LogP contribution in [0.5, 0.6) is 0 Å². The van der Waals surface area contributed by atoms with Crippen molar-refractivity contribution in [3.63, 3.8) is 0 Å². The molecule has 20 heavy (non-hydrogen) atoms. The van der Waals surface area contributed by atoms with Gasteiger partial charge in [-0.25, -0.2) is 4.98 Å². The predicted molar refractivity (Wildman–Crippen MR) is 83.5 cm³/mol. The van der Waals surface area contributed by atoms with Crippen molar-refractivity contribution >= 4 is 39.0 Å². The molecule has 0 aliphatic rings. The molecule has 6 heteroatoms. The number of rotatable bonds is 3. The molecule has 3 aromatic heterocycles. The van der Waals surface area contributed by atoms with Crippen LogP contribution in [-0.4, -0.2) is 22.0 Å². The monoisotopic (exact) mass is 304 g/mol. The third-order valence-corrected chi connectivity index (χ3v) is 4.09. The Labute approximate surface area is 126 Å². The van der Waals surface area contributed by atoms with E-state index in [0.717, 1.165) is 28.1 Å². The van der Waals surface area contributed by atoms with Crippen LogP contribution < -0.4 is 4.90 Å². The molecular weight excluding hydrogens is 292 g/mol. The highest BCUT2D eigenvalue weighted by atomic mass is 35.5. The van der Waals surface area contributed by atoms with Crippen molar-refractivity contribution in [2.24, 2.45) is 0 Å². The van der Waals surface area contributed by atoms with Gasteiger partial charge in [0.05, 0.1) is 5.39 Å². The second kappa shape index (κ2) is 5.34. The molecule has 0 aromatic carbocycles. The third-order valence-electron chi connectivity index (χ3n) is 2.97. The first kappa shape index (κ1) is 13.3. The van der Waals surface area contributed by atoms with Gasteiger partial charge in [-0.05, 0) is 36.2 Å². The second-order valence-electron chi connectivity index (χ2n) is 4.61. The summed E-state index contributed by atoms with van der Waals surface area (Å²) < 4.78 is 0. The predicted octanol–water partition coefficient (Wildman–Crippen LogP) is 3.68. The Morgan fingerprint density at radius 3 is 2.95 bits per heavy atom. The van der Waals surface area contributed by atoms with E-state index in [4.69, 9.17) is 11.6 Å². The minimum atomic E-state index is 0.285. The van der Waals surface area contributed by atoms with E-state index in [9.17, 15) is 0 Å². The van der Waals surface area contributed by atoms with Crippen molar-refractivity contribution in [2.75, 3.05) is 11.9 Å². The summed E-state index contributed by atoms with van der Waals surface area (Å²) in [4.78, 5) is 17.0. The molecule has 0 atom stereocenters. The van der Waals surface area contributed by atoms with Gasteiger partial charge in [-0.3, -0.25) is 4.98 Å². The van der Waals surface area contributed by atoms with Crippen molar-refractivity contribution in [3.8, 4) is 0 Å². The van der Waals surface area contributed by atoms with Gasteiger partial charge in [0.25, 0.3) is 0 Å². The number of fused-ring (bicyclic) bond motifs is 1. The summed E-state index contributed by atoms with van der Waals surface area (Å²) >= 11 is 7.66. The molecule has 0 N–H and O–H groups in total. The first-order chi connectivity index (χ1) is 9.63. The molecule has 0 spiro atoms. The van der Waals surface area contributed by atoms with Crippen LogP contribution in [0.25, 0.3) is 10.2 Å². The molecular formula is C14H13ClN4S. The molecule has 3 heterocycles. The summed E-state index contributed by atoms with van der Waals surface area (Å²) in [6.07, 6.45) is 3.63. The maximum atomic E-state index is 6.03. The molecule has 0 unspecified atom stereocenters. The van der Waals surface area contributed by atoms with Crippen molar-refractivity contribution in [1.29, 1.82) is 0 Å². The maximum absolute atomic E-state index is 6.03. The van der Waals surface area contributed by atoms with E-state index in [0.29, 0.717) is 0 Å². The number of pyridine rings is 1. The Hall–Kier alpha value is -1.72. The Bertz CT molecular complexity index is 742. The van der Waals surface area contributed by atoms with Crippen LogP contribution in [0.4, 0.5) is 5.82 Å². The van der Waals surface area contributed by atoms with E-state index < -0.39 is 0 Å². The number of nitrogens with zero attached hydrogens (tertiary/aromatic N) is 4. The molecule has 3 rings (SSSR count). The Morgan fingerprint density at radius 2 is 2.20 bits per heavy atom. The molecule has 0 saturated heterocycles. The molecule has 102 valence electrons. The van der Waals surface area contributed by atoms with Gasteiger partial charge in [-0.15, -0.1) is 11.3 Å². The third kappa shape index (κ3) is 2.59. The van der Waals surface area contributed by atoms with E-state index >= 15 is 0 Å². The zero-order valence-electron chi connectivity index (χ0n) is 11.2. The Morgan fingerprint density at radius 1 is 1.35 bits per heavy atom. The lowest BCUT2D eigenvalue weighted by Crippen LogP contribution is -2.18. The standard InChI is InChI=1S/C14H13ClN4S/c1-9-6-11-12(17-14(15)18-13(11)20-9)19(2)8-10-4-3-5-16-7-10/h3-7H,8H2,1-2H3. The number of hydrogen-bond acceptors (Lipinski definition) is 5. The Balaban J connectivity index is 2.00. The second-order valence-corrected chi connectivity index (χ2v) is 6.18. The fourth-order valence-corrected chi connectivity index (χ4v) is 3.22. The Kier molecular flexibility index (Phi) is 3.54. The molecule has 0 aliphatic carbocycles. The van der Waals surface area contributed by atoms with Gasteiger partial charge in [0.1, 0.15) is 10.6 Å². The lowest BCUT2D eigenvalue weighted by Gasteiger charge is -2.18. The summed E-state index contributed by atoms with van der Waals surface area (Å²) in [6, 6.07) is 6.08. The number of aryl methyl sites for hydroxylation is 1. The highest BCUT2D eigenvalue weighted by molar-refractivity contribution is 7.18. The van der Waals surface area contributed by atoms with Crippen molar-refractivity contribution in [2.45, 2.75) is 13.5 Å². The summed E-state index contributed by atoms with van der Waals surface area (Å²) in [6.45, 7) is 2.79. The average molecular weight is 305 g/mol. The van der Waals surface area contributed by atoms with E-state index in [1.807, 2.05) is 25.4 Å². The minimum absolute atomic E-state index is 0.285. The van der Waals surface area contributed by atoms with Crippen molar-refractivity contribution in [1.82, 2.24) is 15.0 Å². The zero-order valence-corrected chi connectivity index (χ0v) is 12.7. The van der Waals surface area contributed by atoms with E-state index in [-0.39, 0.29) is 5.28 Å². The highest BCUT2D eigenvalue weighted by Gasteiger charge is 2.13. The van der Waals surface area contributed by atoms with Crippen LogP contribution in [0, 0.1) is 6.92 Å². The zero-order chi connectivity index (χ0) is 14.1. The van der Waals surface area contributed by atoms with E-state index in [1.165, 1.54) is 4.88 Å². The lowest BCUT2D eigenvalue weighted by atomic mass is 10.2. The smallest absolute Gasteiger partial charge is 0.225 e. The maximum Gasteiger partial charge on any atom is 0.225 e. The highest BCUT2D eigenvalue weighted by Crippen LogP contribution is 2.31. The number of hydrogen-bond donors (Lipinski definition) is 0. The van der Waals surface area contributed by atoms with Gasteiger partial charge in [0.15, 0.2) is 0 Å². The average Bonchev–Trinajstić information content (AvgIpc) is 2.78. The molecule has 0 amide bonds. The fourth-order valence-electron chi connectivity index (χ4n) is 2.13. The summed E-state index contributed by atoms with van der Waals surface area (Å²) in [7, 11) is 2.00. The molecule has 0 bridgehead atoms. The molecule has 0 aliphatic heterocycles. The van der Waals surface area contributed by atoms with Gasteiger partial charge in [0.2, 0.25) is 5.28 Å². The molecule has 0 fully saturated rings. The number of halogens is 1. The summed E-state index contributed by atoms with van der Waals surface area (Å²) in [5.41, 5.74) is 1.13. The van der Waals surface area contributed by atoms with E-state index in [2.05, 4.69) is 32.8 Å². The first-order valence-corrected chi connectivity index (χ1v) is 7.36. The number of thiophene rings is 1. The van der Waals surface area contributed by atoms with Crippen LogP contribution in [0.15, 0.2) is 30.6 Å². The van der Waals surface area contributed by atoms with Crippen LogP contribution in [0.1, 0.15) is 10.4 Å². The first-order valence-electron chi connectivity index (χ1n) is 6.17. The van der Waals surface area contributed by atoms with Crippen LogP contribution >= 0.6 is 22.9 Å². The fraction of sp³-hybridized carbons (Fsp3) is 0.214. The molecule has 3 aromatic rings. The van der Waals surface area contributed by atoms with E-state index in [1.54, 1.807) is 17.5 Å². The normalized spacial score (nSPS) is 10.9. The topological polar surface area (TPSA) is 41.9 Å². The van der Waals surface area contributed by atoms with Crippen LogP contribution in [0.2, 0.25) is 5.28 Å². The van der Waals surface area contributed by atoms with Gasteiger partial charge in [-0.2, -0.15) is 4.98 Å². The SMILES string of the molecule is Cc1cc2c(N(C)Cc3cccnc3)nc(Cl)nc2s1. The summed E-state index contributed by atoms with van der Waals surface area (Å²) in [5, 5.41) is 1.33. The molecule has 0 saturated carbocycles. The minimum Gasteiger partial charge on any atom is -0.355 e. The lowest BCUT2D eigenvalue weighted by molar-refractivity contribution is 0.894. The quantitative estimate of drug-likeness (QED) is 0.692. The van der Waals surface area contributed by atoms with Gasteiger partial charge >= 0.3 is 0 Å². The largest absolute Gasteiger partial charge is 0.355 e. The molecule has 4 nitrogen and oxygen atoms in total. The number of aromatic nitrogens is 3. The van der Waals surface area contributed by atoms with Crippen LogP contribution in [0.3, 0.4) is 0 Å². The van der Waals surface area contributed by atoms with Gasteiger partial charge < -0.3 is 4.90 Å². The van der Waals surface area contributed by atoms with Crippen molar-refractivity contribution in [3.05, 3.63) is 46.3 Å². The van der Waals surface area contributed by atoms with Crippen molar-refractivity contribution < 1.29 is 0 Å². The molecule has 0 radical (unpaired) electrons. The van der Waals surface area contributed by atoms with Crippen LogP contribution in [-0.2, 0) is 6.54 Å². The van der Waals surface area contributed by atoms with Gasteiger partial charge in [-0.1, -0.05) is 6.07 Å². The summed E-state index contributed by atoms with van der Waals surface area (Å²) in [5.74, 6) is 0.855. The van der Waals surface area contributed by atoms with Gasteiger partial charge in [0, 0.05) is 30.9 Å². The number of anilines is 1.